The van der Waals surface area contributed by atoms with E-state index < -0.39 is 0 Å². The molecule has 7 nitrogen and oxygen atoms in total. The fraction of sp³-hybridized carbons (Fsp3) is 0.200. The molecule has 0 fully saturated rings. The van der Waals surface area contributed by atoms with E-state index in [1.807, 2.05) is 67.0 Å². The molecule has 0 radical (unpaired) electrons. The fourth-order valence-corrected chi connectivity index (χ4v) is 5.03. The number of thioether (sulfide) groups is 1. The molecule has 1 aliphatic rings. The number of anilines is 1. The normalized spacial score (nSPS) is 13.2. The van der Waals surface area contributed by atoms with Gasteiger partial charge < -0.3 is 24.5 Å². The number of benzene rings is 2. The number of methoxy groups -OCH3 is 1. The number of fused-ring (bicyclic) bond motifs is 4. The number of hydrogen-bond donors (Lipinski definition) is 2. The summed E-state index contributed by atoms with van der Waals surface area (Å²) in [7, 11) is 1.65. The number of rotatable bonds is 6. The molecular formula is C25H24N4O3S. The number of amides is 2. The molecule has 0 saturated carbocycles. The SMILES string of the molecule is COc1ccc2[nH]cc(CCNC(=O)CN3C(=O)CSc4cccn4-c4ccccc43)c2c1. The van der Waals surface area contributed by atoms with Crippen LogP contribution in [0.15, 0.2) is 72.0 Å². The van der Waals surface area contributed by atoms with Gasteiger partial charge in [-0.05, 0) is 54.4 Å². The van der Waals surface area contributed by atoms with Crippen LogP contribution < -0.4 is 15.0 Å². The van der Waals surface area contributed by atoms with Crippen LogP contribution in [-0.4, -0.2) is 47.3 Å². The number of nitrogens with zero attached hydrogens (tertiary/aromatic N) is 2. The Balaban J connectivity index is 1.29. The van der Waals surface area contributed by atoms with E-state index in [0.29, 0.717) is 13.0 Å². The Bertz CT molecular complexity index is 1330. The van der Waals surface area contributed by atoms with Crippen molar-refractivity contribution in [3.05, 3.63) is 72.6 Å². The molecule has 0 aliphatic carbocycles. The summed E-state index contributed by atoms with van der Waals surface area (Å²) >= 11 is 1.48. The van der Waals surface area contributed by atoms with Gasteiger partial charge in [0.05, 0.1) is 29.3 Å². The number of aromatic nitrogens is 2. The van der Waals surface area contributed by atoms with Crippen molar-refractivity contribution in [1.82, 2.24) is 14.9 Å². The Labute approximate surface area is 195 Å². The van der Waals surface area contributed by atoms with E-state index in [2.05, 4.69) is 14.9 Å². The van der Waals surface area contributed by atoms with Crippen molar-refractivity contribution in [2.45, 2.75) is 11.4 Å². The lowest BCUT2D eigenvalue weighted by molar-refractivity contribution is -0.122. The molecule has 0 atom stereocenters. The molecule has 1 aliphatic heterocycles. The second-order valence-electron chi connectivity index (χ2n) is 7.80. The van der Waals surface area contributed by atoms with Crippen LogP contribution in [0.4, 0.5) is 5.69 Å². The van der Waals surface area contributed by atoms with Crippen molar-refractivity contribution in [2.75, 3.05) is 30.9 Å². The summed E-state index contributed by atoms with van der Waals surface area (Å²) in [5, 5.41) is 5.06. The number of hydrogen-bond acceptors (Lipinski definition) is 4. The van der Waals surface area contributed by atoms with E-state index in [1.165, 1.54) is 11.8 Å². The first-order chi connectivity index (χ1) is 16.1. The van der Waals surface area contributed by atoms with E-state index >= 15 is 0 Å². The first kappa shape index (κ1) is 21.2. The molecule has 4 aromatic rings. The Morgan fingerprint density at radius 3 is 2.85 bits per heavy atom. The van der Waals surface area contributed by atoms with Gasteiger partial charge in [-0.3, -0.25) is 9.59 Å². The standard InChI is InChI=1S/C25H24N4O3S/c1-32-18-8-9-20-19(13-18)17(14-27-20)10-11-26-23(30)15-29-22-6-3-2-5-21(22)28-12-4-7-25(28)33-16-24(29)31/h2-9,12-14,27H,10-11,15-16H2,1H3,(H,26,30). The summed E-state index contributed by atoms with van der Waals surface area (Å²) in [6.45, 7) is 0.456. The lowest BCUT2D eigenvalue weighted by Gasteiger charge is -2.27. The number of carbonyl (C=O) groups is 2. The first-order valence-electron chi connectivity index (χ1n) is 10.7. The van der Waals surface area contributed by atoms with Gasteiger partial charge in [0.1, 0.15) is 12.3 Å². The summed E-state index contributed by atoms with van der Waals surface area (Å²) in [4.78, 5) is 30.6. The number of carbonyl (C=O) groups excluding carboxylic acids is 2. The minimum absolute atomic E-state index is 0.0191. The molecule has 2 N–H and O–H groups in total. The zero-order valence-electron chi connectivity index (χ0n) is 18.2. The number of aromatic amines is 1. The molecule has 0 unspecified atom stereocenters. The van der Waals surface area contributed by atoms with Crippen molar-refractivity contribution < 1.29 is 14.3 Å². The Hall–Kier alpha value is -3.65. The lowest BCUT2D eigenvalue weighted by Crippen LogP contribution is -2.43. The molecule has 8 heteroatoms. The van der Waals surface area contributed by atoms with Gasteiger partial charge in [-0.25, -0.2) is 0 Å². The van der Waals surface area contributed by atoms with E-state index in [9.17, 15) is 9.59 Å². The predicted molar refractivity (Wildman–Crippen MR) is 130 cm³/mol. The summed E-state index contributed by atoms with van der Waals surface area (Å²) in [5.74, 6) is 0.806. The van der Waals surface area contributed by atoms with E-state index in [-0.39, 0.29) is 24.1 Å². The van der Waals surface area contributed by atoms with E-state index in [1.54, 1.807) is 12.0 Å². The fourth-order valence-electron chi connectivity index (χ4n) is 4.13. The van der Waals surface area contributed by atoms with E-state index in [0.717, 1.165) is 38.6 Å². The summed E-state index contributed by atoms with van der Waals surface area (Å²) in [5.41, 5.74) is 3.76. The summed E-state index contributed by atoms with van der Waals surface area (Å²) in [6, 6.07) is 17.5. The third kappa shape index (κ3) is 4.21. The second kappa shape index (κ2) is 9.07. The third-order valence-electron chi connectivity index (χ3n) is 5.78. The predicted octanol–water partition coefficient (Wildman–Crippen LogP) is 3.76. The Morgan fingerprint density at radius 2 is 2.00 bits per heavy atom. The minimum Gasteiger partial charge on any atom is -0.497 e. The van der Waals surface area contributed by atoms with Crippen molar-refractivity contribution >= 4 is 40.2 Å². The van der Waals surface area contributed by atoms with Crippen LogP contribution in [0, 0.1) is 0 Å². The molecule has 2 aromatic heterocycles. The van der Waals surface area contributed by atoms with Crippen molar-refractivity contribution in [2.24, 2.45) is 0 Å². The van der Waals surface area contributed by atoms with Gasteiger partial charge in [0, 0.05) is 29.8 Å². The highest BCUT2D eigenvalue weighted by molar-refractivity contribution is 7.99. The lowest BCUT2D eigenvalue weighted by atomic mass is 10.1. The summed E-state index contributed by atoms with van der Waals surface area (Å²) in [6.07, 6.45) is 4.61. The minimum atomic E-state index is -0.186. The molecule has 5 rings (SSSR count). The van der Waals surface area contributed by atoms with Crippen LogP contribution in [0.5, 0.6) is 5.75 Å². The Kier molecular flexibility index (Phi) is 5.83. The molecule has 0 spiro atoms. The van der Waals surface area contributed by atoms with Gasteiger partial charge in [0.25, 0.3) is 0 Å². The Morgan fingerprint density at radius 1 is 1.15 bits per heavy atom. The van der Waals surface area contributed by atoms with Crippen LogP contribution in [0.1, 0.15) is 5.56 Å². The molecular weight excluding hydrogens is 436 g/mol. The van der Waals surface area contributed by atoms with Crippen molar-refractivity contribution in [1.29, 1.82) is 0 Å². The number of ether oxygens (including phenoxy) is 1. The molecule has 0 saturated heterocycles. The zero-order valence-corrected chi connectivity index (χ0v) is 19.0. The van der Waals surface area contributed by atoms with Gasteiger partial charge in [-0.15, -0.1) is 0 Å². The highest BCUT2D eigenvalue weighted by Gasteiger charge is 2.25. The van der Waals surface area contributed by atoms with Gasteiger partial charge in [0.15, 0.2) is 0 Å². The smallest absolute Gasteiger partial charge is 0.240 e. The molecule has 2 amide bonds. The highest BCUT2D eigenvalue weighted by Crippen LogP contribution is 2.33. The zero-order chi connectivity index (χ0) is 22.8. The number of H-pyrrole nitrogens is 1. The maximum atomic E-state index is 13.0. The van der Waals surface area contributed by atoms with E-state index in [4.69, 9.17) is 4.74 Å². The molecule has 168 valence electrons. The average molecular weight is 461 g/mol. The van der Waals surface area contributed by atoms with Crippen LogP contribution in [0.25, 0.3) is 16.6 Å². The van der Waals surface area contributed by atoms with Gasteiger partial charge >= 0.3 is 0 Å². The van der Waals surface area contributed by atoms with Crippen LogP contribution in [-0.2, 0) is 16.0 Å². The molecule has 2 aromatic carbocycles. The molecule has 3 heterocycles. The topological polar surface area (TPSA) is 79.4 Å². The van der Waals surface area contributed by atoms with Crippen molar-refractivity contribution in [3.8, 4) is 11.4 Å². The number of para-hydroxylation sites is 2. The second-order valence-corrected chi connectivity index (χ2v) is 8.79. The van der Waals surface area contributed by atoms with Gasteiger partial charge in [-0.2, -0.15) is 0 Å². The van der Waals surface area contributed by atoms with Gasteiger partial charge in [-0.1, -0.05) is 23.9 Å². The first-order valence-corrected chi connectivity index (χ1v) is 11.7. The maximum Gasteiger partial charge on any atom is 0.240 e. The molecule has 33 heavy (non-hydrogen) atoms. The quantitative estimate of drug-likeness (QED) is 0.459. The van der Waals surface area contributed by atoms with Crippen LogP contribution in [0.3, 0.4) is 0 Å². The van der Waals surface area contributed by atoms with Crippen molar-refractivity contribution in [3.63, 3.8) is 0 Å². The third-order valence-corrected chi connectivity index (χ3v) is 6.80. The largest absolute Gasteiger partial charge is 0.497 e. The average Bonchev–Trinajstić information content (AvgIpc) is 3.47. The van der Waals surface area contributed by atoms with Gasteiger partial charge in [0.2, 0.25) is 11.8 Å². The van der Waals surface area contributed by atoms with Crippen LogP contribution in [0.2, 0.25) is 0 Å². The highest BCUT2D eigenvalue weighted by atomic mass is 32.2. The maximum absolute atomic E-state index is 13.0. The summed E-state index contributed by atoms with van der Waals surface area (Å²) < 4.78 is 7.38. The molecule has 0 bridgehead atoms. The van der Waals surface area contributed by atoms with Crippen LogP contribution >= 0.6 is 11.8 Å². The monoisotopic (exact) mass is 460 g/mol. The number of nitrogens with one attached hydrogen (secondary N) is 2.